The number of nitrogens with one attached hydrogen (secondary N) is 1. The minimum absolute atomic E-state index is 0.119. The van der Waals surface area contributed by atoms with Crippen LogP contribution in [-0.4, -0.2) is 58.3 Å². The van der Waals surface area contributed by atoms with E-state index in [9.17, 15) is 23.1 Å². The minimum atomic E-state index is -4.57. The van der Waals surface area contributed by atoms with Crippen LogP contribution in [0.2, 0.25) is 0 Å². The van der Waals surface area contributed by atoms with Crippen LogP contribution in [0.4, 0.5) is 13.2 Å². The van der Waals surface area contributed by atoms with E-state index in [0.29, 0.717) is 13.2 Å². The smallest absolute Gasteiger partial charge is 0.389 e. The van der Waals surface area contributed by atoms with Gasteiger partial charge in [-0.1, -0.05) is 0 Å². The van der Waals surface area contributed by atoms with E-state index in [1.165, 1.54) is 23.1 Å². The fourth-order valence-electron chi connectivity index (χ4n) is 2.44. The molecule has 23 heavy (non-hydrogen) atoms. The molecule has 1 amide bonds. The summed E-state index contributed by atoms with van der Waals surface area (Å²) in [4.78, 5) is 19.5. The van der Waals surface area contributed by atoms with Crippen molar-refractivity contribution in [3.63, 3.8) is 0 Å². The summed E-state index contributed by atoms with van der Waals surface area (Å²) >= 11 is 0. The first-order valence-electron chi connectivity index (χ1n) is 6.96. The molecule has 124 valence electrons. The van der Waals surface area contributed by atoms with Gasteiger partial charge in [0.2, 0.25) is 5.82 Å². The third-order valence-electron chi connectivity index (χ3n) is 3.53. The lowest BCUT2D eigenvalue weighted by molar-refractivity contribution is -0.144. The first kappa shape index (κ1) is 15.8. The van der Waals surface area contributed by atoms with Crippen molar-refractivity contribution in [1.82, 2.24) is 14.9 Å². The molecule has 6 nitrogen and oxygen atoms in total. The Kier molecular flexibility index (Phi) is 3.99. The number of alkyl halides is 3. The van der Waals surface area contributed by atoms with Gasteiger partial charge in [0.25, 0.3) is 5.91 Å². The van der Waals surface area contributed by atoms with Crippen LogP contribution in [0.5, 0.6) is 0 Å². The monoisotopic (exact) mass is 329 g/mol. The average molecular weight is 329 g/mol. The molecule has 3 rings (SSSR count). The number of nitrogens with zero attached hydrogens (tertiary/aromatic N) is 2. The second-order valence-electron chi connectivity index (χ2n) is 5.30. The van der Waals surface area contributed by atoms with E-state index in [1.54, 1.807) is 0 Å². The Morgan fingerprint density at radius 2 is 2.22 bits per heavy atom. The van der Waals surface area contributed by atoms with Crippen LogP contribution in [-0.2, 0) is 10.9 Å². The molecule has 1 aliphatic rings. The Labute approximate surface area is 128 Å². The average Bonchev–Trinajstić information content (AvgIpc) is 2.81. The number of aromatic amines is 1. The van der Waals surface area contributed by atoms with Crippen molar-refractivity contribution in [2.75, 3.05) is 26.3 Å². The fourth-order valence-corrected chi connectivity index (χ4v) is 2.44. The molecule has 2 N–H and O–H groups in total. The molecular formula is C14H14F3N3O3. The van der Waals surface area contributed by atoms with Gasteiger partial charge in [0, 0.05) is 18.7 Å². The van der Waals surface area contributed by atoms with Crippen LogP contribution in [0.15, 0.2) is 18.2 Å². The van der Waals surface area contributed by atoms with Gasteiger partial charge >= 0.3 is 6.18 Å². The maximum absolute atomic E-state index is 12.7. The van der Waals surface area contributed by atoms with E-state index in [4.69, 9.17) is 4.74 Å². The quantitative estimate of drug-likeness (QED) is 0.829. The number of ether oxygens (including phenoxy) is 1. The molecule has 1 aromatic carbocycles. The Bertz CT molecular complexity index is 729. The molecule has 1 atom stereocenters. The summed E-state index contributed by atoms with van der Waals surface area (Å²) in [5.41, 5.74) is 0.492. The summed E-state index contributed by atoms with van der Waals surface area (Å²) in [7, 11) is 0. The molecule has 0 bridgehead atoms. The van der Waals surface area contributed by atoms with Gasteiger partial charge in [-0.15, -0.1) is 0 Å². The molecule has 1 saturated heterocycles. The number of carbonyl (C=O) groups excluding carboxylic acids is 1. The van der Waals surface area contributed by atoms with E-state index in [2.05, 4.69) is 9.97 Å². The molecular weight excluding hydrogens is 315 g/mol. The predicted molar refractivity (Wildman–Crippen MR) is 73.8 cm³/mol. The van der Waals surface area contributed by atoms with Crippen molar-refractivity contribution in [2.45, 2.75) is 12.3 Å². The number of hydrogen-bond acceptors (Lipinski definition) is 4. The van der Waals surface area contributed by atoms with E-state index in [1.807, 2.05) is 0 Å². The van der Waals surface area contributed by atoms with Gasteiger partial charge < -0.3 is 19.7 Å². The third kappa shape index (κ3) is 3.30. The van der Waals surface area contributed by atoms with Crippen LogP contribution in [0.25, 0.3) is 11.0 Å². The minimum Gasteiger partial charge on any atom is -0.389 e. The first-order chi connectivity index (χ1) is 10.8. The number of halogens is 3. The lowest BCUT2D eigenvalue weighted by Crippen LogP contribution is -2.37. The van der Waals surface area contributed by atoms with Crippen molar-refractivity contribution in [3.05, 3.63) is 29.6 Å². The number of fused-ring (bicyclic) bond motifs is 1. The molecule has 9 heteroatoms. The molecule has 1 aromatic heterocycles. The van der Waals surface area contributed by atoms with E-state index in [-0.39, 0.29) is 35.7 Å². The number of imidazole rings is 1. The van der Waals surface area contributed by atoms with Crippen molar-refractivity contribution in [3.8, 4) is 0 Å². The number of H-pyrrole nitrogens is 1. The normalized spacial score (nSPS) is 19.8. The van der Waals surface area contributed by atoms with Crippen LogP contribution in [0, 0.1) is 0 Å². The number of hydrogen-bond donors (Lipinski definition) is 2. The number of benzene rings is 1. The molecule has 2 heterocycles. The summed E-state index contributed by atoms with van der Waals surface area (Å²) in [6.45, 7) is 0.879. The summed E-state index contributed by atoms with van der Waals surface area (Å²) in [6.07, 6.45) is -5.36. The van der Waals surface area contributed by atoms with Crippen LogP contribution in [0.3, 0.4) is 0 Å². The number of carbonyl (C=O) groups is 1. The van der Waals surface area contributed by atoms with E-state index >= 15 is 0 Å². The number of aromatic nitrogens is 2. The Balaban J connectivity index is 1.88. The summed E-state index contributed by atoms with van der Waals surface area (Å²) in [5, 5.41) is 9.66. The van der Waals surface area contributed by atoms with Crippen LogP contribution >= 0.6 is 0 Å². The van der Waals surface area contributed by atoms with Crippen LogP contribution in [0.1, 0.15) is 16.2 Å². The molecule has 2 aromatic rings. The van der Waals surface area contributed by atoms with Gasteiger partial charge in [-0.3, -0.25) is 4.79 Å². The standard InChI is InChI=1S/C14H14F3N3O3/c15-14(16,17)13-18-10-2-1-8(5-11(10)19-13)12(22)20-3-4-23-7-9(21)6-20/h1-2,5,9,21H,3-4,6-7H2,(H,18,19)/t9-/m1/s1. The van der Waals surface area contributed by atoms with E-state index < -0.39 is 18.1 Å². The largest absolute Gasteiger partial charge is 0.449 e. The molecule has 0 radical (unpaired) electrons. The van der Waals surface area contributed by atoms with Gasteiger partial charge in [0.1, 0.15) is 0 Å². The molecule has 1 aliphatic heterocycles. The second kappa shape index (κ2) is 5.82. The van der Waals surface area contributed by atoms with Crippen molar-refractivity contribution in [1.29, 1.82) is 0 Å². The Morgan fingerprint density at radius 3 is 2.96 bits per heavy atom. The topological polar surface area (TPSA) is 78.5 Å². The molecule has 0 saturated carbocycles. The number of aliphatic hydroxyl groups excluding tert-OH is 1. The first-order valence-corrected chi connectivity index (χ1v) is 6.96. The summed E-state index contributed by atoms with van der Waals surface area (Å²) in [5.74, 6) is -1.48. The van der Waals surface area contributed by atoms with Crippen molar-refractivity contribution in [2.24, 2.45) is 0 Å². The van der Waals surface area contributed by atoms with Gasteiger partial charge in [-0.25, -0.2) is 4.98 Å². The highest BCUT2D eigenvalue weighted by Crippen LogP contribution is 2.28. The molecule has 1 fully saturated rings. The third-order valence-corrected chi connectivity index (χ3v) is 3.53. The number of aliphatic hydroxyl groups is 1. The van der Waals surface area contributed by atoms with Crippen LogP contribution < -0.4 is 0 Å². The fraction of sp³-hybridized carbons (Fsp3) is 0.429. The van der Waals surface area contributed by atoms with Gasteiger partial charge in [-0.05, 0) is 18.2 Å². The molecule has 0 aliphatic carbocycles. The molecule has 0 unspecified atom stereocenters. The summed E-state index contributed by atoms with van der Waals surface area (Å²) in [6, 6.07) is 4.11. The maximum Gasteiger partial charge on any atom is 0.449 e. The number of rotatable bonds is 1. The highest BCUT2D eigenvalue weighted by Gasteiger charge is 2.34. The van der Waals surface area contributed by atoms with Gasteiger partial charge in [0.05, 0.1) is 30.4 Å². The van der Waals surface area contributed by atoms with E-state index in [0.717, 1.165) is 0 Å². The van der Waals surface area contributed by atoms with Gasteiger partial charge in [0.15, 0.2) is 0 Å². The SMILES string of the molecule is O=C(c1ccc2nc(C(F)(F)F)[nH]c2c1)N1CCOC[C@H](O)C1. The lowest BCUT2D eigenvalue weighted by Gasteiger charge is -2.21. The highest BCUT2D eigenvalue weighted by atomic mass is 19.4. The maximum atomic E-state index is 12.7. The lowest BCUT2D eigenvalue weighted by atomic mass is 10.1. The zero-order valence-electron chi connectivity index (χ0n) is 11.9. The zero-order valence-corrected chi connectivity index (χ0v) is 11.9. The zero-order chi connectivity index (χ0) is 16.6. The number of amides is 1. The summed E-state index contributed by atoms with van der Waals surface area (Å²) < 4.78 is 43.1. The Hall–Kier alpha value is -2.13. The van der Waals surface area contributed by atoms with Crippen molar-refractivity contribution >= 4 is 16.9 Å². The van der Waals surface area contributed by atoms with Crippen molar-refractivity contribution < 1.29 is 27.8 Å². The van der Waals surface area contributed by atoms with Gasteiger partial charge in [-0.2, -0.15) is 13.2 Å². The molecule has 0 spiro atoms. The Morgan fingerprint density at radius 1 is 1.43 bits per heavy atom. The highest BCUT2D eigenvalue weighted by molar-refractivity contribution is 5.97. The second-order valence-corrected chi connectivity index (χ2v) is 5.30. The number of β-amino-alcohol motifs (C(OH)–C–C–N with tert-alkyl or cyclic N) is 1. The predicted octanol–water partition coefficient (Wildman–Crippen LogP) is 1.41.